The van der Waals surface area contributed by atoms with E-state index >= 15 is 0 Å². The summed E-state index contributed by atoms with van der Waals surface area (Å²) in [4.78, 5) is 41.7. The minimum absolute atomic E-state index is 0.0655. The number of ether oxygens (including phenoxy) is 1. The summed E-state index contributed by atoms with van der Waals surface area (Å²) in [5, 5.41) is 0. The van der Waals surface area contributed by atoms with Gasteiger partial charge in [0, 0.05) is 30.5 Å². The Morgan fingerprint density at radius 3 is 2.57 bits per heavy atom. The van der Waals surface area contributed by atoms with Gasteiger partial charge in [0.25, 0.3) is 5.91 Å². The Morgan fingerprint density at radius 2 is 1.89 bits per heavy atom. The molecule has 2 aliphatic heterocycles. The standard InChI is InChI=1S/C22H26N2O4/c1-5-19(26)24-16-9-7-6-8-15(16)22-10-11-23(20(27)28-21(2,3)4)17(22)12-14(25)13-18(22)24/h5-9,17-18H,1,10-13H2,2-4H3/t17-,18-,22+/m0/s1. The van der Waals surface area contributed by atoms with Crippen LogP contribution >= 0.6 is 0 Å². The van der Waals surface area contributed by atoms with Gasteiger partial charge in [-0.3, -0.25) is 9.59 Å². The van der Waals surface area contributed by atoms with Crippen LogP contribution in [0.25, 0.3) is 0 Å². The van der Waals surface area contributed by atoms with Crippen molar-refractivity contribution in [3.05, 3.63) is 42.5 Å². The number of ketones is 1. The number of para-hydroxylation sites is 1. The van der Waals surface area contributed by atoms with Gasteiger partial charge in [0.05, 0.1) is 12.1 Å². The summed E-state index contributed by atoms with van der Waals surface area (Å²) in [7, 11) is 0. The van der Waals surface area contributed by atoms with Crippen molar-refractivity contribution in [2.75, 3.05) is 11.4 Å². The molecule has 1 spiro atoms. The topological polar surface area (TPSA) is 66.9 Å². The normalized spacial score (nSPS) is 28.5. The number of hydrogen-bond acceptors (Lipinski definition) is 4. The van der Waals surface area contributed by atoms with Crippen LogP contribution in [0.15, 0.2) is 36.9 Å². The van der Waals surface area contributed by atoms with Crippen molar-refractivity contribution in [2.24, 2.45) is 0 Å². The Labute approximate surface area is 165 Å². The quantitative estimate of drug-likeness (QED) is 0.700. The first kappa shape index (κ1) is 18.7. The largest absolute Gasteiger partial charge is 0.444 e. The van der Waals surface area contributed by atoms with Crippen molar-refractivity contribution in [3.8, 4) is 0 Å². The van der Waals surface area contributed by atoms with Gasteiger partial charge in [-0.25, -0.2) is 4.79 Å². The summed E-state index contributed by atoms with van der Waals surface area (Å²) in [6.07, 6.45) is 2.19. The number of nitrogens with zero attached hydrogens (tertiary/aromatic N) is 2. The molecule has 1 aliphatic carbocycles. The van der Waals surface area contributed by atoms with Gasteiger partial charge < -0.3 is 14.5 Å². The van der Waals surface area contributed by atoms with E-state index in [4.69, 9.17) is 4.74 Å². The van der Waals surface area contributed by atoms with E-state index < -0.39 is 17.1 Å². The molecule has 0 aromatic heterocycles. The molecule has 2 fully saturated rings. The van der Waals surface area contributed by atoms with Crippen LogP contribution < -0.4 is 4.90 Å². The third-order valence-corrected chi connectivity index (χ3v) is 6.19. The highest BCUT2D eigenvalue weighted by atomic mass is 16.6. The first-order valence-electron chi connectivity index (χ1n) is 9.75. The average molecular weight is 382 g/mol. The van der Waals surface area contributed by atoms with Gasteiger partial charge >= 0.3 is 6.09 Å². The zero-order chi connectivity index (χ0) is 20.3. The summed E-state index contributed by atoms with van der Waals surface area (Å²) in [5.41, 5.74) is 0.811. The molecule has 3 aliphatic rings. The maximum absolute atomic E-state index is 12.9. The molecule has 6 nitrogen and oxygen atoms in total. The molecule has 1 aromatic carbocycles. The van der Waals surface area contributed by atoms with Crippen LogP contribution in [0.4, 0.5) is 10.5 Å². The second-order valence-electron chi connectivity index (χ2n) is 8.87. The zero-order valence-corrected chi connectivity index (χ0v) is 16.6. The molecule has 0 radical (unpaired) electrons. The van der Waals surface area contributed by atoms with Crippen LogP contribution in [0, 0.1) is 0 Å². The average Bonchev–Trinajstić information content (AvgIpc) is 3.13. The maximum atomic E-state index is 12.9. The predicted octanol–water partition coefficient (Wildman–Crippen LogP) is 3.20. The highest BCUT2D eigenvalue weighted by Crippen LogP contribution is 2.57. The van der Waals surface area contributed by atoms with E-state index in [-0.39, 0.29) is 23.8 Å². The molecule has 28 heavy (non-hydrogen) atoms. The van der Waals surface area contributed by atoms with Gasteiger partial charge in [0.2, 0.25) is 0 Å². The van der Waals surface area contributed by atoms with Crippen LogP contribution in [-0.4, -0.2) is 46.9 Å². The maximum Gasteiger partial charge on any atom is 0.410 e. The molecule has 1 aromatic rings. The van der Waals surface area contributed by atoms with Gasteiger partial charge in [0.15, 0.2) is 0 Å². The number of carbonyl (C=O) groups is 3. The number of fused-ring (bicyclic) bond motifs is 1. The Hall–Kier alpha value is -2.63. The van der Waals surface area contributed by atoms with Crippen LogP contribution in [0.5, 0.6) is 0 Å². The molecule has 1 saturated carbocycles. The van der Waals surface area contributed by atoms with Crippen LogP contribution in [0.2, 0.25) is 0 Å². The third kappa shape index (κ3) is 2.58. The van der Waals surface area contributed by atoms with Gasteiger partial charge in [-0.15, -0.1) is 0 Å². The molecular weight excluding hydrogens is 356 g/mol. The van der Waals surface area contributed by atoms with E-state index in [2.05, 4.69) is 6.58 Å². The molecule has 6 heteroatoms. The lowest BCUT2D eigenvalue weighted by Gasteiger charge is -2.44. The van der Waals surface area contributed by atoms with Crippen molar-refractivity contribution >= 4 is 23.5 Å². The number of benzene rings is 1. The highest BCUT2D eigenvalue weighted by molar-refractivity contribution is 6.05. The number of carbonyl (C=O) groups excluding carboxylic acids is 3. The van der Waals surface area contributed by atoms with E-state index in [0.717, 1.165) is 11.3 Å². The van der Waals surface area contributed by atoms with Crippen molar-refractivity contribution in [2.45, 2.75) is 63.1 Å². The molecule has 2 amide bonds. The number of likely N-dealkylation sites (tertiary alicyclic amines) is 1. The fourth-order valence-electron chi connectivity index (χ4n) is 5.25. The number of Topliss-reactive ketones (excluding diaryl/α,β-unsaturated/α-hetero) is 1. The molecule has 3 atom stereocenters. The SMILES string of the molecule is C=CC(=O)N1c2ccccc2[C@]23CCN(C(=O)OC(C)(C)C)[C@H]2CC(=O)C[C@H]13. The minimum Gasteiger partial charge on any atom is -0.444 e. The highest BCUT2D eigenvalue weighted by Gasteiger charge is 2.64. The summed E-state index contributed by atoms with van der Waals surface area (Å²) >= 11 is 0. The van der Waals surface area contributed by atoms with E-state index in [0.29, 0.717) is 25.8 Å². The monoisotopic (exact) mass is 382 g/mol. The van der Waals surface area contributed by atoms with Crippen LogP contribution in [0.1, 0.15) is 45.6 Å². The molecule has 0 unspecified atom stereocenters. The molecule has 148 valence electrons. The zero-order valence-electron chi connectivity index (χ0n) is 16.6. The smallest absolute Gasteiger partial charge is 0.410 e. The van der Waals surface area contributed by atoms with Crippen molar-refractivity contribution in [3.63, 3.8) is 0 Å². The Morgan fingerprint density at radius 1 is 1.21 bits per heavy atom. The third-order valence-electron chi connectivity index (χ3n) is 6.19. The lowest BCUT2D eigenvalue weighted by molar-refractivity contribution is -0.123. The number of rotatable bonds is 1. The summed E-state index contributed by atoms with van der Waals surface area (Å²) in [5.74, 6) is -0.144. The second kappa shape index (κ2) is 6.19. The predicted molar refractivity (Wildman–Crippen MR) is 105 cm³/mol. The van der Waals surface area contributed by atoms with E-state index in [1.165, 1.54) is 6.08 Å². The first-order valence-corrected chi connectivity index (χ1v) is 9.75. The van der Waals surface area contributed by atoms with Gasteiger partial charge in [-0.2, -0.15) is 0 Å². The lowest BCUT2D eigenvalue weighted by atomic mass is 9.64. The first-order chi connectivity index (χ1) is 13.2. The van der Waals surface area contributed by atoms with Crippen molar-refractivity contribution < 1.29 is 19.1 Å². The van der Waals surface area contributed by atoms with Crippen LogP contribution in [0.3, 0.4) is 0 Å². The summed E-state index contributed by atoms with van der Waals surface area (Å²) in [6.45, 7) is 9.65. The number of anilines is 1. The van der Waals surface area contributed by atoms with E-state index in [1.54, 1.807) is 9.80 Å². The molecular formula is C22H26N2O4. The second-order valence-corrected chi connectivity index (χ2v) is 8.87. The fourth-order valence-corrected chi connectivity index (χ4v) is 5.25. The van der Waals surface area contributed by atoms with Crippen LogP contribution in [-0.2, 0) is 19.7 Å². The summed E-state index contributed by atoms with van der Waals surface area (Å²) in [6, 6.07) is 7.19. The van der Waals surface area contributed by atoms with Gasteiger partial charge in [-0.05, 0) is 44.9 Å². The summed E-state index contributed by atoms with van der Waals surface area (Å²) < 4.78 is 5.61. The number of amides is 2. The fraction of sp³-hybridized carbons (Fsp3) is 0.500. The molecule has 2 heterocycles. The number of hydrogen-bond donors (Lipinski definition) is 0. The molecule has 0 N–H and O–H groups in total. The van der Waals surface area contributed by atoms with E-state index in [1.807, 2.05) is 45.0 Å². The minimum atomic E-state index is -0.608. The Kier molecular flexibility index (Phi) is 4.14. The van der Waals surface area contributed by atoms with E-state index in [9.17, 15) is 14.4 Å². The van der Waals surface area contributed by atoms with Crippen molar-refractivity contribution in [1.82, 2.24) is 4.90 Å². The van der Waals surface area contributed by atoms with Crippen molar-refractivity contribution in [1.29, 1.82) is 0 Å². The molecule has 1 saturated heterocycles. The van der Waals surface area contributed by atoms with Gasteiger partial charge in [0.1, 0.15) is 11.4 Å². The molecule has 4 rings (SSSR count). The lowest BCUT2D eigenvalue weighted by Crippen LogP contribution is -2.59. The van der Waals surface area contributed by atoms with Gasteiger partial charge in [-0.1, -0.05) is 24.8 Å². The Balaban J connectivity index is 1.81. The molecule has 0 bridgehead atoms. The Bertz CT molecular complexity index is 872.